The van der Waals surface area contributed by atoms with E-state index in [1.54, 1.807) is 7.11 Å². The van der Waals surface area contributed by atoms with Gasteiger partial charge in [-0.25, -0.2) is 0 Å². The number of aromatic nitrogens is 1. The zero-order chi connectivity index (χ0) is 18.3. The Morgan fingerprint density at radius 3 is 2.77 bits per heavy atom. The van der Waals surface area contributed by atoms with Crippen LogP contribution in [0.3, 0.4) is 0 Å². The fraction of sp³-hybridized carbons (Fsp3) is 0.318. The number of amides is 1. The zero-order valence-corrected chi connectivity index (χ0v) is 15.5. The Labute approximate surface area is 153 Å². The number of carbonyl (C=O) groups excluding carboxylic acids is 1. The molecule has 134 valence electrons. The van der Waals surface area contributed by atoms with Crippen LogP contribution in [-0.4, -0.2) is 18.0 Å². The van der Waals surface area contributed by atoms with E-state index in [2.05, 4.69) is 23.3 Å². The molecule has 1 aliphatic rings. The number of para-hydroxylation sites is 1. The Balaban J connectivity index is 1.71. The van der Waals surface area contributed by atoms with Gasteiger partial charge in [0, 0.05) is 22.8 Å². The molecule has 0 aliphatic heterocycles. The molecule has 4 nitrogen and oxygen atoms in total. The molecule has 0 radical (unpaired) electrons. The molecule has 0 saturated heterocycles. The summed E-state index contributed by atoms with van der Waals surface area (Å²) in [4.78, 5) is 16.6. The van der Waals surface area contributed by atoms with Crippen molar-refractivity contribution in [3.05, 3.63) is 59.3 Å². The molecule has 0 spiro atoms. The van der Waals surface area contributed by atoms with Gasteiger partial charge >= 0.3 is 0 Å². The van der Waals surface area contributed by atoms with E-state index in [4.69, 9.17) is 4.74 Å². The molecule has 3 aromatic rings. The fourth-order valence-electron chi connectivity index (χ4n) is 3.80. The number of aromatic amines is 1. The summed E-state index contributed by atoms with van der Waals surface area (Å²) < 4.78 is 5.37. The van der Waals surface area contributed by atoms with E-state index in [0.717, 1.165) is 52.7 Å². The maximum absolute atomic E-state index is 13.3. The first kappa shape index (κ1) is 16.7. The molecule has 0 unspecified atom stereocenters. The predicted molar refractivity (Wildman–Crippen MR) is 105 cm³/mol. The summed E-state index contributed by atoms with van der Waals surface area (Å²) in [6.07, 6.45) is 4.62. The summed E-state index contributed by atoms with van der Waals surface area (Å²) in [5.74, 6) is 0.895. The Bertz CT molecular complexity index is 983. The SMILES string of the molecule is CCc1cccc(C)c1NC(=O)C1(c2c[nH]c3ccc(OC)cc23)CC1. The number of methoxy groups -OCH3 is 1. The minimum absolute atomic E-state index is 0.0882. The molecule has 0 bridgehead atoms. The first-order chi connectivity index (χ1) is 12.6. The molecular formula is C22H24N2O2. The van der Waals surface area contributed by atoms with Gasteiger partial charge in [-0.05, 0) is 61.1 Å². The van der Waals surface area contributed by atoms with Crippen LogP contribution in [0, 0.1) is 6.92 Å². The Morgan fingerprint density at radius 2 is 2.08 bits per heavy atom. The van der Waals surface area contributed by atoms with Gasteiger partial charge in [0.15, 0.2) is 0 Å². The summed E-state index contributed by atoms with van der Waals surface area (Å²) in [6, 6.07) is 12.1. The second-order valence-corrected chi connectivity index (χ2v) is 7.11. The number of H-pyrrole nitrogens is 1. The summed E-state index contributed by atoms with van der Waals surface area (Å²) in [5.41, 5.74) is 4.89. The largest absolute Gasteiger partial charge is 0.497 e. The van der Waals surface area contributed by atoms with Gasteiger partial charge in [-0.15, -0.1) is 0 Å². The fourth-order valence-corrected chi connectivity index (χ4v) is 3.80. The number of rotatable bonds is 5. The van der Waals surface area contributed by atoms with Gasteiger partial charge in [-0.1, -0.05) is 25.1 Å². The van der Waals surface area contributed by atoms with Gasteiger partial charge in [-0.3, -0.25) is 4.79 Å². The number of nitrogens with one attached hydrogen (secondary N) is 2. The average molecular weight is 348 g/mol. The van der Waals surface area contributed by atoms with Crippen molar-refractivity contribution in [2.45, 2.75) is 38.5 Å². The van der Waals surface area contributed by atoms with Gasteiger partial charge in [0.2, 0.25) is 5.91 Å². The van der Waals surface area contributed by atoms with E-state index >= 15 is 0 Å². The lowest BCUT2D eigenvalue weighted by atomic mass is 9.93. The van der Waals surface area contributed by atoms with Crippen molar-refractivity contribution < 1.29 is 9.53 Å². The molecule has 0 atom stereocenters. The van der Waals surface area contributed by atoms with Crippen LogP contribution in [0.25, 0.3) is 10.9 Å². The van der Waals surface area contributed by atoms with Gasteiger partial charge < -0.3 is 15.0 Å². The second kappa shape index (κ2) is 6.20. The second-order valence-electron chi connectivity index (χ2n) is 7.11. The van der Waals surface area contributed by atoms with Gasteiger partial charge in [0.1, 0.15) is 5.75 Å². The topological polar surface area (TPSA) is 54.1 Å². The number of fused-ring (bicyclic) bond motifs is 1. The Kier molecular flexibility index (Phi) is 3.98. The lowest BCUT2D eigenvalue weighted by molar-refractivity contribution is -0.118. The number of hydrogen-bond donors (Lipinski definition) is 2. The first-order valence-corrected chi connectivity index (χ1v) is 9.14. The molecule has 4 heteroatoms. The normalized spacial score (nSPS) is 15.0. The van der Waals surface area contributed by atoms with Crippen LogP contribution < -0.4 is 10.1 Å². The number of benzene rings is 2. The number of anilines is 1. The smallest absolute Gasteiger partial charge is 0.235 e. The summed E-state index contributed by atoms with van der Waals surface area (Å²) in [5, 5.41) is 4.30. The van der Waals surface area contributed by atoms with Crippen molar-refractivity contribution in [1.29, 1.82) is 0 Å². The average Bonchev–Trinajstić information content (AvgIpc) is 3.36. The van der Waals surface area contributed by atoms with E-state index < -0.39 is 5.41 Å². The number of carbonyl (C=O) groups is 1. The van der Waals surface area contributed by atoms with E-state index in [-0.39, 0.29) is 5.91 Å². The van der Waals surface area contributed by atoms with Gasteiger partial charge in [0.05, 0.1) is 12.5 Å². The molecular weight excluding hydrogens is 324 g/mol. The van der Waals surface area contributed by atoms with Crippen molar-refractivity contribution >= 4 is 22.5 Å². The number of ether oxygens (including phenoxy) is 1. The van der Waals surface area contributed by atoms with E-state index in [9.17, 15) is 4.79 Å². The molecule has 26 heavy (non-hydrogen) atoms. The lowest BCUT2D eigenvalue weighted by Crippen LogP contribution is -2.28. The highest BCUT2D eigenvalue weighted by Gasteiger charge is 2.52. The van der Waals surface area contributed by atoms with Crippen molar-refractivity contribution in [3.63, 3.8) is 0 Å². The third-order valence-corrected chi connectivity index (χ3v) is 5.57. The van der Waals surface area contributed by atoms with Gasteiger partial charge in [0.25, 0.3) is 0 Å². The quantitative estimate of drug-likeness (QED) is 0.701. The maximum Gasteiger partial charge on any atom is 0.235 e. The van der Waals surface area contributed by atoms with Crippen LogP contribution in [-0.2, 0) is 16.6 Å². The third-order valence-electron chi connectivity index (χ3n) is 5.57. The highest BCUT2D eigenvalue weighted by Crippen LogP contribution is 2.51. The van der Waals surface area contributed by atoms with Crippen molar-refractivity contribution in [2.75, 3.05) is 12.4 Å². The summed E-state index contributed by atoms with van der Waals surface area (Å²) in [7, 11) is 1.66. The van der Waals surface area contributed by atoms with Crippen LogP contribution in [0.4, 0.5) is 5.69 Å². The molecule has 1 aliphatic carbocycles. The van der Waals surface area contributed by atoms with E-state index in [1.165, 1.54) is 5.56 Å². The molecule has 1 fully saturated rings. The monoisotopic (exact) mass is 348 g/mol. The minimum Gasteiger partial charge on any atom is -0.497 e. The van der Waals surface area contributed by atoms with Gasteiger partial charge in [-0.2, -0.15) is 0 Å². The standard InChI is InChI=1S/C22H24N2O2/c1-4-15-7-5-6-14(2)20(15)24-21(25)22(10-11-22)18-13-23-19-9-8-16(26-3)12-17(18)19/h5-9,12-13,23H,4,10-11H2,1-3H3,(H,24,25). The number of hydrogen-bond acceptors (Lipinski definition) is 2. The maximum atomic E-state index is 13.3. The molecule has 2 aromatic carbocycles. The molecule has 4 rings (SSSR count). The van der Waals surface area contributed by atoms with Crippen LogP contribution in [0.1, 0.15) is 36.5 Å². The van der Waals surface area contributed by atoms with Crippen molar-refractivity contribution in [1.82, 2.24) is 4.98 Å². The van der Waals surface area contributed by atoms with Crippen LogP contribution in [0.15, 0.2) is 42.6 Å². The van der Waals surface area contributed by atoms with E-state index in [1.807, 2.05) is 43.5 Å². The lowest BCUT2D eigenvalue weighted by Gasteiger charge is -2.18. The molecule has 1 saturated carbocycles. The van der Waals surface area contributed by atoms with Crippen LogP contribution in [0.2, 0.25) is 0 Å². The minimum atomic E-state index is -0.447. The highest BCUT2D eigenvalue weighted by atomic mass is 16.5. The third kappa shape index (κ3) is 2.57. The molecule has 1 heterocycles. The first-order valence-electron chi connectivity index (χ1n) is 9.14. The van der Waals surface area contributed by atoms with Crippen LogP contribution >= 0.6 is 0 Å². The summed E-state index contributed by atoms with van der Waals surface area (Å²) in [6.45, 7) is 4.16. The Morgan fingerprint density at radius 1 is 1.27 bits per heavy atom. The van der Waals surface area contributed by atoms with Crippen molar-refractivity contribution in [3.8, 4) is 5.75 Å². The van der Waals surface area contributed by atoms with Crippen molar-refractivity contribution in [2.24, 2.45) is 0 Å². The number of aryl methyl sites for hydroxylation is 2. The van der Waals surface area contributed by atoms with E-state index in [0.29, 0.717) is 0 Å². The molecule has 2 N–H and O–H groups in total. The Hall–Kier alpha value is -2.75. The summed E-state index contributed by atoms with van der Waals surface area (Å²) >= 11 is 0. The highest BCUT2D eigenvalue weighted by molar-refractivity contribution is 6.05. The van der Waals surface area contributed by atoms with Crippen LogP contribution in [0.5, 0.6) is 5.75 Å². The predicted octanol–water partition coefficient (Wildman–Crippen LogP) is 4.72. The molecule has 1 amide bonds. The molecule has 1 aromatic heterocycles. The zero-order valence-electron chi connectivity index (χ0n) is 15.5.